The maximum Gasteiger partial charge on any atom is 0.293 e. The van der Waals surface area contributed by atoms with E-state index in [-0.39, 0.29) is 5.56 Å². The fraction of sp³-hybridized carbons (Fsp3) is 0.286. The van der Waals surface area contributed by atoms with Gasteiger partial charge in [-0.05, 0) is 36.8 Å². The molecule has 0 radical (unpaired) electrons. The lowest BCUT2D eigenvalue weighted by molar-refractivity contribution is 0.573. The average molecular weight is 413 g/mol. The quantitative estimate of drug-likeness (QED) is 0.444. The van der Waals surface area contributed by atoms with Crippen molar-refractivity contribution >= 4 is 23.2 Å². The summed E-state index contributed by atoms with van der Waals surface area (Å²) in [6.07, 6.45) is 3.45. The highest BCUT2D eigenvalue weighted by molar-refractivity contribution is 6.30. The van der Waals surface area contributed by atoms with Gasteiger partial charge in [0.1, 0.15) is 5.82 Å². The number of rotatable bonds is 10. The van der Waals surface area contributed by atoms with Gasteiger partial charge in [0.2, 0.25) is 0 Å². The third kappa shape index (κ3) is 6.30. The second-order valence-electron chi connectivity index (χ2n) is 6.58. The van der Waals surface area contributed by atoms with E-state index in [2.05, 4.69) is 25.9 Å². The Kier molecular flexibility index (Phi) is 7.61. The molecule has 0 unspecified atom stereocenters. The minimum Gasteiger partial charge on any atom is -0.368 e. The van der Waals surface area contributed by atoms with Gasteiger partial charge < -0.3 is 20.5 Å². The van der Waals surface area contributed by atoms with Crippen LogP contribution in [0.15, 0.2) is 59.7 Å². The Morgan fingerprint density at radius 1 is 1.03 bits per heavy atom. The molecule has 0 aliphatic rings. The highest BCUT2D eigenvalue weighted by Crippen LogP contribution is 2.10. The van der Waals surface area contributed by atoms with Gasteiger partial charge >= 0.3 is 0 Å². The Balaban J connectivity index is 1.49. The summed E-state index contributed by atoms with van der Waals surface area (Å²) in [5, 5.41) is 10.4. The molecule has 0 spiro atoms. The molecule has 0 saturated carbocycles. The van der Waals surface area contributed by atoms with Gasteiger partial charge in [-0.3, -0.25) is 4.79 Å². The lowest BCUT2D eigenvalue weighted by Crippen LogP contribution is -2.31. The number of benzene rings is 1. The van der Waals surface area contributed by atoms with Crippen molar-refractivity contribution in [1.82, 2.24) is 19.9 Å². The molecule has 3 aromatic rings. The van der Waals surface area contributed by atoms with E-state index in [0.29, 0.717) is 38.5 Å². The summed E-state index contributed by atoms with van der Waals surface area (Å²) in [6.45, 7) is 5.01. The van der Waals surface area contributed by atoms with E-state index in [1.807, 2.05) is 49.4 Å². The summed E-state index contributed by atoms with van der Waals surface area (Å²) in [6, 6.07) is 13.4. The summed E-state index contributed by atoms with van der Waals surface area (Å²) in [5.41, 5.74) is 1.82. The molecule has 29 heavy (non-hydrogen) atoms. The molecule has 3 rings (SSSR count). The van der Waals surface area contributed by atoms with Gasteiger partial charge in [0.05, 0.1) is 0 Å². The fourth-order valence-electron chi connectivity index (χ4n) is 2.88. The number of halogens is 1. The summed E-state index contributed by atoms with van der Waals surface area (Å²) in [4.78, 5) is 21.2. The summed E-state index contributed by atoms with van der Waals surface area (Å²) < 4.78 is 1.73. The standard InChI is InChI=1S/C21H25ClN6O/c1-16-14-27-20(26-10-9-25-19-7-2-3-8-24-19)21(29)28(16)12-11-23-15-17-5-4-6-18(22)13-17/h2-8,13-14,23H,9-12,15H2,1H3,(H,24,25)(H,26,27). The molecule has 7 nitrogen and oxygen atoms in total. The van der Waals surface area contributed by atoms with Gasteiger partial charge in [0.15, 0.2) is 5.82 Å². The maximum absolute atomic E-state index is 12.7. The normalized spacial score (nSPS) is 10.7. The predicted octanol–water partition coefficient (Wildman–Crippen LogP) is 2.91. The van der Waals surface area contributed by atoms with Crippen molar-refractivity contribution in [3.8, 4) is 0 Å². The molecule has 152 valence electrons. The predicted molar refractivity (Wildman–Crippen MR) is 118 cm³/mol. The zero-order valence-electron chi connectivity index (χ0n) is 16.4. The molecule has 0 aliphatic carbocycles. The Morgan fingerprint density at radius 2 is 1.90 bits per heavy atom. The second-order valence-corrected chi connectivity index (χ2v) is 7.02. The van der Waals surface area contributed by atoms with Gasteiger partial charge in [-0.25, -0.2) is 9.97 Å². The van der Waals surface area contributed by atoms with Crippen molar-refractivity contribution in [3.63, 3.8) is 0 Å². The van der Waals surface area contributed by atoms with E-state index >= 15 is 0 Å². The smallest absolute Gasteiger partial charge is 0.293 e. The van der Waals surface area contributed by atoms with Gasteiger partial charge in [-0.1, -0.05) is 29.8 Å². The molecule has 0 aliphatic heterocycles. The first-order chi connectivity index (χ1) is 14.1. The molecule has 0 amide bonds. The number of hydrogen-bond donors (Lipinski definition) is 3. The third-order valence-corrected chi connectivity index (χ3v) is 4.61. The summed E-state index contributed by atoms with van der Waals surface area (Å²) in [7, 11) is 0. The number of pyridine rings is 1. The molecule has 0 atom stereocenters. The highest BCUT2D eigenvalue weighted by atomic mass is 35.5. The van der Waals surface area contributed by atoms with Crippen molar-refractivity contribution in [2.75, 3.05) is 30.3 Å². The Bertz CT molecular complexity index is 976. The van der Waals surface area contributed by atoms with Crippen LogP contribution < -0.4 is 21.5 Å². The zero-order chi connectivity index (χ0) is 20.5. The molecule has 1 aromatic carbocycles. The maximum atomic E-state index is 12.7. The van der Waals surface area contributed by atoms with Crippen molar-refractivity contribution in [3.05, 3.63) is 81.5 Å². The van der Waals surface area contributed by atoms with Gasteiger partial charge in [-0.2, -0.15) is 0 Å². The molecule has 0 fully saturated rings. The monoisotopic (exact) mass is 412 g/mol. The first-order valence-corrected chi connectivity index (χ1v) is 9.91. The van der Waals surface area contributed by atoms with E-state index in [0.717, 1.165) is 22.1 Å². The van der Waals surface area contributed by atoms with Crippen molar-refractivity contribution in [2.24, 2.45) is 0 Å². The molecule has 2 aromatic heterocycles. The number of nitrogens with zero attached hydrogens (tertiary/aromatic N) is 3. The molecule has 3 N–H and O–H groups in total. The minimum atomic E-state index is -0.118. The highest BCUT2D eigenvalue weighted by Gasteiger charge is 2.07. The lowest BCUT2D eigenvalue weighted by atomic mass is 10.2. The Hall–Kier alpha value is -2.90. The van der Waals surface area contributed by atoms with Crippen LogP contribution in [0.5, 0.6) is 0 Å². The van der Waals surface area contributed by atoms with Gasteiger partial charge in [-0.15, -0.1) is 0 Å². The largest absolute Gasteiger partial charge is 0.368 e. The number of hydrogen-bond acceptors (Lipinski definition) is 6. The second kappa shape index (κ2) is 10.6. The van der Waals surface area contributed by atoms with E-state index in [1.54, 1.807) is 17.0 Å². The van der Waals surface area contributed by atoms with Crippen molar-refractivity contribution in [1.29, 1.82) is 0 Å². The third-order valence-electron chi connectivity index (χ3n) is 4.37. The van der Waals surface area contributed by atoms with Crippen LogP contribution in [-0.2, 0) is 13.1 Å². The summed E-state index contributed by atoms with van der Waals surface area (Å²) in [5.74, 6) is 1.16. The Labute approximate surface area is 175 Å². The van der Waals surface area contributed by atoms with Crippen LogP contribution in [0.25, 0.3) is 0 Å². The van der Waals surface area contributed by atoms with Crippen LogP contribution in [0.1, 0.15) is 11.3 Å². The first kappa shape index (κ1) is 20.8. The first-order valence-electron chi connectivity index (χ1n) is 9.54. The number of aromatic nitrogens is 3. The van der Waals surface area contributed by atoms with E-state index < -0.39 is 0 Å². The molecule has 8 heteroatoms. The van der Waals surface area contributed by atoms with E-state index in [1.165, 1.54) is 0 Å². The molecular formula is C21H25ClN6O. The number of nitrogens with one attached hydrogen (secondary N) is 3. The Morgan fingerprint density at radius 3 is 2.69 bits per heavy atom. The van der Waals surface area contributed by atoms with Crippen LogP contribution in [0.2, 0.25) is 5.02 Å². The van der Waals surface area contributed by atoms with Crippen LogP contribution in [-0.4, -0.2) is 34.2 Å². The minimum absolute atomic E-state index is 0.118. The zero-order valence-corrected chi connectivity index (χ0v) is 17.1. The topological polar surface area (TPSA) is 83.9 Å². The van der Waals surface area contributed by atoms with Gasteiger partial charge in [0.25, 0.3) is 5.56 Å². The average Bonchev–Trinajstić information content (AvgIpc) is 2.73. The van der Waals surface area contributed by atoms with Crippen LogP contribution in [0, 0.1) is 6.92 Å². The van der Waals surface area contributed by atoms with E-state index in [4.69, 9.17) is 11.6 Å². The lowest BCUT2D eigenvalue weighted by Gasteiger charge is -2.13. The molecular weight excluding hydrogens is 388 g/mol. The molecule has 2 heterocycles. The number of aryl methyl sites for hydroxylation is 1. The van der Waals surface area contributed by atoms with Crippen molar-refractivity contribution in [2.45, 2.75) is 20.0 Å². The van der Waals surface area contributed by atoms with Crippen LogP contribution in [0.4, 0.5) is 11.6 Å². The SMILES string of the molecule is Cc1cnc(NCCNc2ccccn2)c(=O)n1CCNCc1cccc(Cl)c1. The van der Waals surface area contributed by atoms with Gasteiger partial charge in [0, 0.05) is 55.8 Å². The molecule has 0 bridgehead atoms. The summed E-state index contributed by atoms with van der Waals surface area (Å²) >= 11 is 6.00. The van der Waals surface area contributed by atoms with Crippen LogP contribution >= 0.6 is 11.6 Å². The number of anilines is 2. The molecule has 0 saturated heterocycles. The fourth-order valence-corrected chi connectivity index (χ4v) is 3.09. The van der Waals surface area contributed by atoms with Crippen LogP contribution in [0.3, 0.4) is 0 Å². The van der Waals surface area contributed by atoms with Crippen molar-refractivity contribution < 1.29 is 0 Å². The van der Waals surface area contributed by atoms with E-state index in [9.17, 15) is 4.79 Å².